The van der Waals surface area contributed by atoms with Crippen LogP contribution in [-0.4, -0.2) is 22.8 Å². The molecular formula is C23H26N2O3. The molecule has 5 heteroatoms. The summed E-state index contributed by atoms with van der Waals surface area (Å²) in [6.07, 6.45) is -0.332. The lowest BCUT2D eigenvalue weighted by Gasteiger charge is -2.19. The zero-order valence-corrected chi connectivity index (χ0v) is 16.9. The molecule has 0 aliphatic carbocycles. The fourth-order valence-corrected chi connectivity index (χ4v) is 2.76. The topological polar surface area (TPSA) is 60.5 Å². The summed E-state index contributed by atoms with van der Waals surface area (Å²) >= 11 is 0. The Hall–Kier alpha value is -3.08. The van der Waals surface area contributed by atoms with Gasteiger partial charge in [-0.2, -0.15) is 0 Å². The first kappa shape index (κ1) is 19.7. The Morgan fingerprint density at radius 2 is 1.71 bits per heavy atom. The molecule has 1 amide bonds. The van der Waals surface area contributed by atoms with E-state index in [9.17, 15) is 4.79 Å². The number of rotatable bonds is 4. The van der Waals surface area contributed by atoms with Crippen molar-refractivity contribution in [3.8, 4) is 17.0 Å². The summed E-state index contributed by atoms with van der Waals surface area (Å²) in [5.74, 6) is 0.842. The molecule has 0 aliphatic rings. The number of hydrogen-bond acceptors (Lipinski definition) is 4. The van der Waals surface area contributed by atoms with E-state index in [1.165, 1.54) is 0 Å². The van der Waals surface area contributed by atoms with E-state index in [4.69, 9.17) is 14.5 Å². The molecule has 0 aliphatic heterocycles. The fourth-order valence-electron chi connectivity index (χ4n) is 2.76. The highest BCUT2D eigenvalue weighted by atomic mass is 16.6. The molecule has 28 heavy (non-hydrogen) atoms. The van der Waals surface area contributed by atoms with Gasteiger partial charge in [0.25, 0.3) is 0 Å². The molecular weight excluding hydrogens is 352 g/mol. The van der Waals surface area contributed by atoms with E-state index in [0.29, 0.717) is 5.69 Å². The molecule has 0 bridgehead atoms. The first-order valence-corrected chi connectivity index (χ1v) is 9.37. The molecule has 0 fully saturated rings. The number of ether oxygens (including phenoxy) is 2. The lowest BCUT2D eigenvalue weighted by atomic mass is 10.1. The monoisotopic (exact) mass is 378 g/mol. The van der Waals surface area contributed by atoms with E-state index in [0.717, 1.165) is 27.9 Å². The highest BCUT2D eigenvalue weighted by Gasteiger charge is 2.16. The summed E-state index contributed by atoms with van der Waals surface area (Å²) in [5, 5.41) is 3.77. The predicted molar refractivity (Wildman–Crippen MR) is 113 cm³/mol. The summed E-state index contributed by atoms with van der Waals surface area (Å²) in [6, 6.07) is 17.5. The number of amides is 1. The summed E-state index contributed by atoms with van der Waals surface area (Å²) in [4.78, 5) is 16.6. The maximum atomic E-state index is 11.9. The lowest BCUT2D eigenvalue weighted by Crippen LogP contribution is -2.27. The molecule has 146 valence electrons. The Bertz CT molecular complexity index is 973. The van der Waals surface area contributed by atoms with Gasteiger partial charge in [-0.05, 0) is 71.0 Å². The second-order valence-corrected chi connectivity index (χ2v) is 7.92. The zero-order valence-electron chi connectivity index (χ0n) is 16.9. The Balaban J connectivity index is 1.76. The number of benzene rings is 2. The second kappa shape index (κ2) is 7.89. The van der Waals surface area contributed by atoms with Gasteiger partial charge < -0.3 is 9.47 Å². The van der Waals surface area contributed by atoms with Crippen molar-refractivity contribution >= 4 is 22.7 Å². The van der Waals surface area contributed by atoms with Crippen molar-refractivity contribution < 1.29 is 14.3 Å². The van der Waals surface area contributed by atoms with E-state index < -0.39 is 11.7 Å². The van der Waals surface area contributed by atoms with Gasteiger partial charge >= 0.3 is 6.09 Å². The normalized spacial score (nSPS) is 11.5. The average Bonchev–Trinajstić information content (AvgIpc) is 2.60. The van der Waals surface area contributed by atoms with Gasteiger partial charge in [-0.1, -0.05) is 18.2 Å². The zero-order chi connectivity index (χ0) is 20.3. The number of aromatic nitrogens is 1. The van der Waals surface area contributed by atoms with Crippen LogP contribution in [0.25, 0.3) is 22.2 Å². The molecule has 0 radical (unpaired) electrons. The average molecular weight is 378 g/mol. The van der Waals surface area contributed by atoms with Crippen LogP contribution in [0.1, 0.15) is 34.6 Å². The van der Waals surface area contributed by atoms with Crippen molar-refractivity contribution in [3.05, 3.63) is 54.6 Å². The molecule has 0 unspecified atom stereocenters. The molecule has 0 atom stereocenters. The summed E-state index contributed by atoms with van der Waals surface area (Å²) in [6.45, 7) is 9.51. The number of nitrogens with zero attached hydrogens (tertiary/aromatic N) is 1. The van der Waals surface area contributed by atoms with Gasteiger partial charge in [-0.25, -0.2) is 9.78 Å². The molecule has 0 spiro atoms. The molecule has 1 aromatic heterocycles. The molecule has 0 saturated carbocycles. The van der Waals surface area contributed by atoms with Crippen LogP contribution in [-0.2, 0) is 4.74 Å². The van der Waals surface area contributed by atoms with Gasteiger partial charge in [-0.3, -0.25) is 5.32 Å². The molecule has 0 saturated heterocycles. The van der Waals surface area contributed by atoms with Crippen LogP contribution in [0.5, 0.6) is 5.75 Å². The van der Waals surface area contributed by atoms with E-state index in [1.54, 1.807) is 0 Å². The van der Waals surface area contributed by atoms with Crippen molar-refractivity contribution in [1.82, 2.24) is 4.98 Å². The van der Waals surface area contributed by atoms with Gasteiger partial charge in [0.05, 0.1) is 17.3 Å². The third kappa shape index (κ3) is 5.22. The van der Waals surface area contributed by atoms with Gasteiger partial charge in [0, 0.05) is 16.6 Å². The standard InChI is InChI=1S/C23H26N2O3/c1-15(2)27-19-11-13-21-17(14-19)8-12-20(25-21)16-6-9-18(10-7-16)24-22(26)28-23(3,4)5/h6-15H,1-5H3,(H,24,26). The minimum absolute atomic E-state index is 0.137. The van der Waals surface area contributed by atoms with E-state index in [1.807, 2.05) is 89.2 Å². The number of carbonyl (C=O) groups is 1. The van der Waals surface area contributed by atoms with Crippen LogP contribution in [0.15, 0.2) is 54.6 Å². The Morgan fingerprint density at radius 1 is 1.00 bits per heavy atom. The van der Waals surface area contributed by atoms with Crippen LogP contribution in [0, 0.1) is 0 Å². The smallest absolute Gasteiger partial charge is 0.412 e. The SMILES string of the molecule is CC(C)Oc1ccc2nc(-c3ccc(NC(=O)OC(C)(C)C)cc3)ccc2c1. The van der Waals surface area contributed by atoms with Crippen molar-refractivity contribution in [1.29, 1.82) is 0 Å². The van der Waals surface area contributed by atoms with Crippen molar-refractivity contribution in [2.24, 2.45) is 0 Å². The number of anilines is 1. The highest BCUT2D eigenvalue weighted by Crippen LogP contribution is 2.25. The third-order valence-electron chi connectivity index (χ3n) is 3.86. The second-order valence-electron chi connectivity index (χ2n) is 7.92. The Morgan fingerprint density at radius 3 is 2.36 bits per heavy atom. The van der Waals surface area contributed by atoms with E-state index in [-0.39, 0.29) is 6.10 Å². The number of fused-ring (bicyclic) bond motifs is 1. The van der Waals surface area contributed by atoms with E-state index >= 15 is 0 Å². The van der Waals surface area contributed by atoms with Gasteiger partial charge in [-0.15, -0.1) is 0 Å². The molecule has 5 nitrogen and oxygen atoms in total. The maximum Gasteiger partial charge on any atom is 0.412 e. The number of nitrogens with one attached hydrogen (secondary N) is 1. The van der Waals surface area contributed by atoms with Gasteiger partial charge in [0.2, 0.25) is 0 Å². The van der Waals surface area contributed by atoms with Crippen LogP contribution in [0.4, 0.5) is 10.5 Å². The van der Waals surface area contributed by atoms with Crippen molar-refractivity contribution in [3.63, 3.8) is 0 Å². The first-order valence-electron chi connectivity index (χ1n) is 9.37. The minimum Gasteiger partial charge on any atom is -0.491 e. The number of hydrogen-bond donors (Lipinski definition) is 1. The predicted octanol–water partition coefficient (Wildman–Crippen LogP) is 6.04. The van der Waals surface area contributed by atoms with Crippen LogP contribution in [0.3, 0.4) is 0 Å². The third-order valence-corrected chi connectivity index (χ3v) is 3.86. The molecule has 2 aromatic carbocycles. The van der Waals surface area contributed by atoms with Gasteiger partial charge in [0.15, 0.2) is 0 Å². The Kier molecular flexibility index (Phi) is 5.54. The van der Waals surface area contributed by atoms with Crippen LogP contribution in [0.2, 0.25) is 0 Å². The Labute approximate surface area is 165 Å². The van der Waals surface area contributed by atoms with Crippen LogP contribution < -0.4 is 10.1 Å². The fraction of sp³-hybridized carbons (Fsp3) is 0.304. The molecule has 1 N–H and O–H groups in total. The quantitative estimate of drug-likeness (QED) is 0.601. The highest BCUT2D eigenvalue weighted by molar-refractivity contribution is 5.86. The largest absolute Gasteiger partial charge is 0.491 e. The molecule has 3 aromatic rings. The van der Waals surface area contributed by atoms with Crippen LogP contribution >= 0.6 is 0 Å². The maximum absolute atomic E-state index is 11.9. The van der Waals surface area contributed by atoms with Crippen molar-refractivity contribution in [2.45, 2.75) is 46.3 Å². The first-order chi connectivity index (χ1) is 13.2. The summed E-state index contributed by atoms with van der Waals surface area (Å²) < 4.78 is 11.0. The molecule has 3 rings (SSSR count). The summed E-state index contributed by atoms with van der Waals surface area (Å²) in [5.41, 5.74) is 2.89. The lowest BCUT2D eigenvalue weighted by molar-refractivity contribution is 0.0636. The number of carbonyl (C=O) groups excluding carboxylic acids is 1. The number of pyridine rings is 1. The molecule has 1 heterocycles. The van der Waals surface area contributed by atoms with E-state index in [2.05, 4.69) is 5.32 Å². The van der Waals surface area contributed by atoms with Crippen molar-refractivity contribution in [2.75, 3.05) is 5.32 Å². The van der Waals surface area contributed by atoms with Gasteiger partial charge in [0.1, 0.15) is 11.4 Å². The summed E-state index contributed by atoms with van der Waals surface area (Å²) in [7, 11) is 0. The minimum atomic E-state index is -0.529.